The van der Waals surface area contributed by atoms with Gasteiger partial charge in [-0.15, -0.1) is 0 Å². The van der Waals surface area contributed by atoms with E-state index in [2.05, 4.69) is 37.9 Å². The average Bonchev–Trinajstić information content (AvgIpc) is 2.58. The molecule has 3 unspecified atom stereocenters. The van der Waals surface area contributed by atoms with Gasteiger partial charge in [0.25, 0.3) is 6.29 Å². The summed E-state index contributed by atoms with van der Waals surface area (Å²) in [5.74, 6) is -1.67. The van der Waals surface area contributed by atoms with E-state index in [1.54, 1.807) is 20.8 Å². The fourth-order valence-electron chi connectivity index (χ4n) is 1.41. The topological polar surface area (TPSA) is 78.9 Å². The Morgan fingerprint density at radius 1 is 0.750 bits per heavy atom. The second kappa shape index (κ2) is 12.8. The van der Waals surface area contributed by atoms with E-state index in [-0.39, 0.29) is 13.0 Å². The number of thiol groups is 3. The lowest BCUT2D eigenvalue weighted by Gasteiger charge is -2.21. The molecule has 0 amide bonds. The Bertz CT molecular complexity index is 394. The van der Waals surface area contributed by atoms with Gasteiger partial charge in [-0.3, -0.25) is 14.4 Å². The summed E-state index contributed by atoms with van der Waals surface area (Å²) >= 11 is 12.2. The van der Waals surface area contributed by atoms with Crippen molar-refractivity contribution in [2.75, 3.05) is 6.61 Å². The maximum atomic E-state index is 11.8. The van der Waals surface area contributed by atoms with Crippen molar-refractivity contribution >= 4 is 55.8 Å². The van der Waals surface area contributed by atoms with Gasteiger partial charge in [0, 0.05) is 0 Å². The van der Waals surface area contributed by atoms with Crippen LogP contribution < -0.4 is 0 Å². The molecule has 0 heterocycles. The first-order valence-electron chi connectivity index (χ1n) is 7.88. The third-order valence-electron chi connectivity index (χ3n) is 3.07. The molecule has 0 saturated heterocycles. The molecule has 0 aliphatic carbocycles. The third-order valence-corrected chi connectivity index (χ3v) is 4.80. The molecule has 0 aromatic rings. The number of esters is 3. The SMILES string of the molecule is CCC(S)C(=O)OCCC(OC(=O)C(S)CC)OC(=O)C(S)CC. The summed E-state index contributed by atoms with van der Waals surface area (Å²) < 4.78 is 15.3. The highest BCUT2D eigenvalue weighted by Gasteiger charge is 2.25. The van der Waals surface area contributed by atoms with Gasteiger partial charge < -0.3 is 14.2 Å². The molecule has 0 spiro atoms. The molecule has 3 atom stereocenters. The maximum Gasteiger partial charge on any atom is 0.321 e. The molecule has 24 heavy (non-hydrogen) atoms. The molecular weight excluding hydrogens is 372 g/mol. The van der Waals surface area contributed by atoms with Crippen LogP contribution in [0, 0.1) is 0 Å². The Labute approximate surface area is 159 Å². The molecular formula is C15H26O6S3. The monoisotopic (exact) mass is 398 g/mol. The second-order valence-corrected chi connectivity index (χ2v) is 6.90. The summed E-state index contributed by atoms with van der Waals surface area (Å²) in [5.41, 5.74) is 0. The van der Waals surface area contributed by atoms with Crippen molar-refractivity contribution in [2.45, 2.75) is 68.5 Å². The van der Waals surface area contributed by atoms with Gasteiger partial charge in [0.15, 0.2) is 0 Å². The van der Waals surface area contributed by atoms with E-state index in [9.17, 15) is 14.4 Å². The van der Waals surface area contributed by atoms with Gasteiger partial charge in [-0.25, -0.2) is 0 Å². The van der Waals surface area contributed by atoms with Crippen molar-refractivity contribution in [1.82, 2.24) is 0 Å². The lowest BCUT2D eigenvalue weighted by molar-refractivity contribution is -0.190. The molecule has 0 rings (SSSR count). The molecule has 0 aliphatic heterocycles. The number of carbonyl (C=O) groups excluding carboxylic acids is 3. The largest absolute Gasteiger partial charge is 0.465 e. The first kappa shape index (κ1) is 23.5. The van der Waals surface area contributed by atoms with E-state index < -0.39 is 39.9 Å². The summed E-state index contributed by atoms with van der Waals surface area (Å²) in [6.07, 6.45) is 0.353. The predicted octanol–water partition coefficient (Wildman–Crippen LogP) is 2.46. The van der Waals surface area contributed by atoms with Crippen LogP contribution in [0.2, 0.25) is 0 Å². The van der Waals surface area contributed by atoms with Crippen LogP contribution in [0.1, 0.15) is 46.5 Å². The lowest BCUT2D eigenvalue weighted by atomic mass is 10.3. The molecule has 0 radical (unpaired) electrons. The predicted molar refractivity (Wildman–Crippen MR) is 101 cm³/mol. The zero-order valence-electron chi connectivity index (χ0n) is 14.1. The molecule has 9 heteroatoms. The van der Waals surface area contributed by atoms with Gasteiger partial charge in [0.2, 0.25) is 0 Å². The first-order chi connectivity index (χ1) is 11.3. The van der Waals surface area contributed by atoms with Crippen molar-refractivity contribution in [1.29, 1.82) is 0 Å². The van der Waals surface area contributed by atoms with Crippen molar-refractivity contribution < 1.29 is 28.6 Å². The molecule has 6 nitrogen and oxygen atoms in total. The smallest absolute Gasteiger partial charge is 0.321 e. The van der Waals surface area contributed by atoms with Gasteiger partial charge in [-0.05, 0) is 19.3 Å². The number of rotatable bonds is 11. The summed E-state index contributed by atoms with van der Waals surface area (Å²) in [6.45, 7) is 5.30. The molecule has 0 saturated carbocycles. The Morgan fingerprint density at radius 3 is 1.50 bits per heavy atom. The van der Waals surface area contributed by atoms with Gasteiger partial charge in [0.1, 0.15) is 0 Å². The van der Waals surface area contributed by atoms with Crippen LogP contribution in [0.3, 0.4) is 0 Å². The van der Waals surface area contributed by atoms with E-state index in [0.29, 0.717) is 19.3 Å². The summed E-state index contributed by atoms with van der Waals surface area (Å²) in [4.78, 5) is 35.2. The van der Waals surface area contributed by atoms with Crippen LogP contribution in [0.15, 0.2) is 0 Å². The minimum absolute atomic E-state index is 0.0296. The normalized spacial score (nSPS) is 15.8. The van der Waals surface area contributed by atoms with Crippen LogP contribution in [0.4, 0.5) is 0 Å². The van der Waals surface area contributed by atoms with Crippen LogP contribution in [0.5, 0.6) is 0 Å². The highest BCUT2D eigenvalue weighted by atomic mass is 32.1. The first-order valence-corrected chi connectivity index (χ1v) is 9.43. The highest BCUT2D eigenvalue weighted by Crippen LogP contribution is 2.13. The maximum absolute atomic E-state index is 11.8. The van der Waals surface area contributed by atoms with E-state index in [0.717, 1.165) is 0 Å². The van der Waals surface area contributed by atoms with Gasteiger partial charge in [-0.1, -0.05) is 20.8 Å². The quantitative estimate of drug-likeness (QED) is 0.282. The average molecular weight is 399 g/mol. The molecule has 0 fully saturated rings. The number of hydrogen-bond donors (Lipinski definition) is 3. The number of hydrogen-bond acceptors (Lipinski definition) is 9. The molecule has 0 aliphatic rings. The zero-order valence-corrected chi connectivity index (χ0v) is 16.8. The number of ether oxygens (including phenoxy) is 3. The summed E-state index contributed by atoms with van der Waals surface area (Å²) in [6, 6.07) is 0. The van der Waals surface area contributed by atoms with Crippen LogP contribution >= 0.6 is 37.9 Å². The molecule has 0 aromatic carbocycles. The van der Waals surface area contributed by atoms with E-state index in [1.807, 2.05) is 0 Å². The number of carbonyl (C=O) groups is 3. The Kier molecular flexibility index (Phi) is 12.5. The fraction of sp³-hybridized carbons (Fsp3) is 0.800. The highest BCUT2D eigenvalue weighted by molar-refractivity contribution is 7.82. The van der Waals surface area contributed by atoms with E-state index in [4.69, 9.17) is 14.2 Å². The Morgan fingerprint density at radius 2 is 1.12 bits per heavy atom. The van der Waals surface area contributed by atoms with Gasteiger partial charge in [0.05, 0.1) is 28.8 Å². The Hall–Kier alpha value is -0.540. The second-order valence-electron chi connectivity index (χ2n) is 5.03. The Balaban J connectivity index is 4.65. The summed E-state index contributed by atoms with van der Waals surface area (Å²) in [7, 11) is 0. The van der Waals surface area contributed by atoms with Crippen LogP contribution in [-0.2, 0) is 28.6 Å². The molecule has 0 bridgehead atoms. The molecule has 140 valence electrons. The van der Waals surface area contributed by atoms with E-state index >= 15 is 0 Å². The van der Waals surface area contributed by atoms with Crippen LogP contribution in [0.25, 0.3) is 0 Å². The minimum atomic E-state index is -1.15. The van der Waals surface area contributed by atoms with Crippen molar-refractivity contribution in [3.8, 4) is 0 Å². The third kappa shape index (κ3) is 9.08. The van der Waals surface area contributed by atoms with Crippen molar-refractivity contribution in [3.63, 3.8) is 0 Å². The molecule has 0 N–H and O–H groups in total. The van der Waals surface area contributed by atoms with Crippen LogP contribution in [-0.4, -0.2) is 46.6 Å². The van der Waals surface area contributed by atoms with Gasteiger partial charge in [-0.2, -0.15) is 37.9 Å². The lowest BCUT2D eigenvalue weighted by Crippen LogP contribution is -2.32. The summed E-state index contributed by atoms with van der Waals surface area (Å²) in [5, 5.41) is -1.75. The fourth-order valence-corrected chi connectivity index (χ4v) is 1.61. The molecule has 0 aromatic heterocycles. The van der Waals surface area contributed by atoms with Crippen molar-refractivity contribution in [2.24, 2.45) is 0 Å². The van der Waals surface area contributed by atoms with Gasteiger partial charge >= 0.3 is 17.9 Å². The zero-order chi connectivity index (χ0) is 18.7. The van der Waals surface area contributed by atoms with E-state index in [1.165, 1.54) is 0 Å². The standard InChI is InChI=1S/C15H26O6S3/c1-4-9(22)13(16)19-8-7-12(20-14(17)10(23)5-2)21-15(18)11(24)6-3/h9-12,22-24H,4-8H2,1-3H3. The van der Waals surface area contributed by atoms with Crippen molar-refractivity contribution in [3.05, 3.63) is 0 Å². The minimum Gasteiger partial charge on any atom is -0.465 e.